The van der Waals surface area contributed by atoms with E-state index >= 15 is 0 Å². The molecule has 0 aromatic carbocycles. The van der Waals surface area contributed by atoms with Crippen molar-refractivity contribution in [3.05, 3.63) is 0 Å². The predicted octanol–water partition coefficient (Wildman–Crippen LogP) is 0.868. The van der Waals surface area contributed by atoms with Gasteiger partial charge >= 0.3 is 5.97 Å². The third-order valence-electron chi connectivity index (χ3n) is 1.87. The molecule has 0 amide bonds. The van der Waals surface area contributed by atoms with Gasteiger partial charge in [0.15, 0.2) is 0 Å². The zero-order chi connectivity index (χ0) is 10.8. The van der Waals surface area contributed by atoms with E-state index in [1.165, 1.54) is 0 Å². The predicted molar refractivity (Wildman–Crippen MR) is 50.8 cm³/mol. The maximum atomic E-state index is 11.3. The first-order chi connectivity index (χ1) is 6.37. The molecule has 82 valence electrons. The van der Waals surface area contributed by atoms with Crippen molar-refractivity contribution in [3.8, 4) is 0 Å². The molecule has 4 heteroatoms. The largest absolute Gasteiger partial charge is 0.460 e. The molecule has 1 heterocycles. The first-order valence-corrected chi connectivity index (χ1v) is 4.88. The molecule has 0 saturated carbocycles. The summed E-state index contributed by atoms with van der Waals surface area (Å²) in [6, 6.07) is 0. The average Bonchev–Trinajstić information content (AvgIpc) is 2.30. The molecule has 1 fully saturated rings. The summed E-state index contributed by atoms with van der Waals surface area (Å²) in [5.74, 6) is -0.267. The van der Waals surface area contributed by atoms with Crippen molar-refractivity contribution in [1.29, 1.82) is 0 Å². The van der Waals surface area contributed by atoms with Crippen LogP contribution in [-0.4, -0.2) is 35.5 Å². The van der Waals surface area contributed by atoms with Crippen molar-refractivity contribution in [2.24, 2.45) is 0 Å². The Kier molecular flexibility index (Phi) is 3.50. The monoisotopic (exact) mass is 202 g/mol. The Morgan fingerprint density at radius 3 is 2.64 bits per heavy atom. The molecule has 2 atom stereocenters. The van der Waals surface area contributed by atoms with E-state index in [-0.39, 0.29) is 18.5 Å². The van der Waals surface area contributed by atoms with Gasteiger partial charge in [-0.25, -0.2) is 0 Å². The van der Waals surface area contributed by atoms with Crippen LogP contribution in [0.15, 0.2) is 0 Å². The molecule has 14 heavy (non-hydrogen) atoms. The standard InChI is InChI=1S/C10H18O4/c1-10(2,3)14-9(12)5-8-4-7(11)6-13-8/h7-8,11H,4-6H2,1-3H3/t7-,8+/m1/s1. The second kappa shape index (κ2) is 4.28. The summed E-state index contributed by atoms with van der Waals surface area (Å²) < 4.78 is 10.3. The van der Waals surface area contributed by atoms with Crippen LogP contribution in [0.25, 0.3) is 0 Å². The summed E-state index contributed by atoms with van der Waals surface area (Å²) in [5.41, 5.74) is -0.450. The number of aliphatic hydroxyl groups excluding tert-OH is 1. The number of hydrogen-bond acceptors (Lipinski definition) is 4. The molecule has 0 aliphatic carbocycles. The Balaban J connectivity index is 2.27. The van der Waals surface area contributed by atoms with Crippen LogP contribution in [0.4, 0.5) is 0 Å². The zero-order valence-corrected chi connectivity index (χ0v) is 8.95. The SMILES string of the molecule is CC(C)(C)OC(=O)C[C@@H]1C[C@@H](O)CO1. The third kappa shape index (κ3) is 4.07. The number of carbonyl (C=O) groups is 1. The first-order valence-electron chi connectivity index (χ1n) is 4.88. The minimum atomic E-state index is -0.450. The average molecular weight is 202 g/mol. The van der Waals surface area contributed by atoms with Crippen LogP contribution in [0.2, 0.25) is 0 Å². The minimum absolute atomic E-state index is 0.181. The lowest BCUT2D eigenvalue weighted by molar-refractivity contribution is -0.157. The lowest BCUT2D eigenvalue weighted by Gasteiger charge is -2.20. The first kappa shape index (κ1) is 11.5. The molecule has 0 unspecified atom stereocenters. The molecule has 0 radical (unpaired) electrons. The molecular formula is C10H18O4. The fourth-order valence-corrected chi connectivity index (χ4v) is 1.40. The van der Waals surface area contributed by atoms with Crippen molar-refractivity contribution < 1.29 is 19.4 Å². The molecular weight excluding hydrogens is 184 g/mol. The van der Waals surface area contributed by atoms with Crippen molar-refractivity contribution in [3.63, 3.8) is 0 Å². The fourth-order valence-electron chi connectivity index (χ4n) is 1.40. The highest BCUT2D eigenvalue weighted by Gasteiger charge is 2.27. The van der Waals surface area contributed by atoms with E-state index in [1.807, 2.05) is 20.8 Å². The fraction of sp³-hybridized carbons (Fsp3) is 0.900. The Hall–Kier alpha value is -0.610. The van der Waals surface area contributed by atoms with Gasteiger partial charge in [0, 0.05) is 6.42 Å². The van der Waals surface area contributed by atoms with Gasteiger partial charge in [-0.1, -0.05) is 0 Å². The maximum Gasteiger partial charge on any atom is 0.308 e. The van der Waals surface area contributed by atoms with Gasteiger partial charge in [-0.05, 0) is 20.8 Å². The van der Waals surface area contributed by atoms with Gasteiger partial charge in [0.05, 0.1) is 25.2 Å². The molecule has 1 rings (SSSR count). The number of esters is 1. The summed E-state index contributed by atoms with van der Waals surface area (Å²) >= 11 is 0. The van der Waals surface area contributed by atoms with Crippen LogP contribution >= 0.6 is 0 Å². The molecule has 0 spiro atoms. The second-order valence-corrected chi connectivity index (χ2v) is 4.64. The van der Waals surface area contributed by atoms with Crippen LogP contribution in [0.5, 0.6) is 0 Å². The normalized spacial score (nSPS) is 27.7. The highest BCUT2D eigenvalue weighted by molar-refractivity contribution is 5.70. The summed E-state index contributed by atoms with van der Waals surface area (Å²) in [6.07, 6.45) is 0.149. The van der Waals surface area contributed by atoms with E-state index in [0.717, 1.165) is 0 Å². The van der Waals surface area contributed by atoms with Crippen LogP contribution in [-0.2, 0) is 14.3 Å². The summed E-state index contributed by atoms with van der Waals surface area (Å²) in [7, 11) is 0. The van der Waals surface area contributed by atoms with E-state index < -0.39 is 11.7 Å². The number of aliphatic hydroxyl groups is 1. The third-order valence-corrected chi connectivity index (χ3v) is 1.87. The lowest BCUT2D eigenvalue weighted by Crippen LogP contribution is -2.26. The van der Waals surface area contributed by atoms with E-state index in [1.54, 1.807) is 0 Å². The maximum absolute atomic E-state index is 11.3. The van der Waals surface area contributed by atoms with Crippen molar-refractivity contribution in [2.75, 3.05) is 6.61 Å². The number of rotatable bonds is 2. The van der Waals surface area contributed by atoms with Gasteiger partial charge in [0.25, 0.3) is 0 Å². The Morgan fingerprint density at radius 1 is 1.57 bits per heavy atom. The molecule has 1 aliphatic heterocycles. The van der Waals surface area contributed by atoms with Crippen LogP contribution < -0.4 is 0 Å². The van der Waals surface area contributed by atoms with Crippen molar-refractivity contribution in [2.45, 2.75) is 51.4 Å². The highest BCUT2D eigenvalue weighted by Crippen LogP contribution is 2.18. The lowest BCUT2D eigenvalue weighted by atomic mass is 10.1. The van der Waals surface area contributed by atoms with Gasteiger partial charge in [-0.15, -0.1) is 0 Å². The molecule has 4 nitrogen and oxygen atoms in total. The van der Waals surface area contributed by atoms with Crippen LogP contribution in [0.3, 0.4) is 0 Å². The quantitative estimate of drug-likeness (QED) is 0.675. The van der Waals surface area contributed by atoms with E-state index in [4.69, 9.17) is 14.6 Å². The van der Waals surface area contributed by atoms with Gasteiger partial charge in [0.2, 0.25) is 0 Å². The molecule has 0 aromatic rings. The summed E-state index contributed by atoms with van der Waals surface area (Å²) in [6.45, 7) is 5.81. The molecule has 1 saturated heterocycles. The zero-order valence-electron chi connectivity index (χ0n) is 8.95. The molecule has 1 aliphatic rings. The van der Waals surface area contributed by atoms with Gasteiger partial charge < -0.3 is 14.6 Å². The molecule has 0 aromatic heterocycles. The number of carbonyl (C=O) groups excluding carboxylic acids is 1. The highest BCUT2D eigenvalue weighted by atomic mass is 16.6. The van der Waals surface area contributed by atoms with Crippen molar-refractivity contribution >= 4 is 5.97 Å². The van der Waals surface area contributed by atoms with Crippen LogP contribution in [0.1, 0.15) is 33.6 Å². The molecule has 1 N–H and O–H groups in total. The summed E-state index contributed by atoms with van der Waals surface area (Å²) in [5, 5.41) is 9.17. The van der Waals surface area contributed by atoms with Gasteiger partial charge in [-0.3, -0.25) is 4.79 Å². The smallest absolute Gasteiger partial charge is 0.308 e. The number of ether oxygens (including phenoxy) is 2. The van der Waals surface area contributed by atoms with Crippen molar-refractivity contribution in [1.82, 2.24) is 0 Å². The second-order valence-electron chi connectivity index (χ2n) is 4.64. The van der Waals surface area contributed by atoms with Gasteiger partial charge in [-0.2, -0.15) is 0 Å². The Labute approximate surface area is 84.2 Å². The van der Waals surface area contributed by atoms with E-state index in [2.05, 4.69) is 0 Å². The van der Waals surface area contributed by atoms with Gasteiger partial charge in [0.1, 0.15) is 5.60 Å². The minimum Gasteiger partial charge on any atom is -0.460 e. The van der Waals surface area contributed by atoms with E-state index in [9.17, 15) is 4.79 Å². The van der Waals surface area contributed by atoms with Crippen LogP contribution in [0, 0.1) is 0 Å². The Bertz CT molecular complexity index is 207. The Morgan fingerprint density at radius 2 is 2.21 bits per heavy atom. The topological polar surface area (TPSA) is 55.8 Å². The molecule has 0 bridgehead atoms. The van der Waals surface area contributed by atoms with E-state index in [0.29, 0.717) is 13.0 Å². The summed E-state index contributed by atoms with van der Waals surface area (Å²) in [4.78, 5) is 11.3. The number of hydrogen-bond donors (Lipinski definition) is 1.